The van der Waals surface area contributed by atoms with Crippen LogP contribution in [0.5, 0.6) is 0 Å². The second-order valence-electron chi connectivity index (χ2n) is 23.4. The molecule has 0 amide bonds. The number of allylic oxidation sites excluding steroid dienone is 10. The van der Waals surface area contributed by atoms with Gasteiger partial charge < -0.3 is 39.0 Å². The highest BCUT2D eigenvalue weighted by Gasteiger charge is 2.50. The Morgan fingerprint density at radius 2 is 0.759 bits per heavy atom. The fourth-order valence-electron chi connectivity index (χ4n) is 10.4. The number of carbonyl (C=O) groups excluding carboxylic acids is 3. The van der Waals surface area contributed by atoms with Crippen LogP contribution in [0.1, 0.15) is 316 Å². The van der Waals surface area contributed by atoms with Gasteiger partial charge in [0.15, 0.2) is 24.6 Å². The van der Waals surface area contributed by atoms with E-state index in [1.165, 1.54) is 161 Å². The third-order valence-electron chi connectivity index (χ3n) is 15.6. The summed E-state index contributed by atoms with van der Waals surface area (Å²) in [7, 11) is 0. The highest BCUT2D eigenvalue weighted by atomic mass is 16.7. The first kappa shape index (κ1) is 77.4. The lowest BCUT2D eigenvalue weighted by Crippen LogP contribution is -2.61. The normalized spacial score (nSPS) is 17.9. The molecule has 6 atom stereocenters. The smallest absolute Gasteiger partial charge is 0.335 e. The molecule has 6 unspecified atom stereocenters. The highest BCUT2D eigenvalue weighted by Crippen LogP contribution is 2.27. The molecule has 12 heteroatoms. The number of carboxylic acids is 1. The van der Waals surface area contributed by atoms with Crippen LogP contribution in [0.15, 0.2) is 60.8 Å². The van der Waals surface area contributed by atoms with E-state index in [1.807, 2.05) is 0 Å². The highest BCUT2D eigenvalue weighted by molar-refractivity contribution is 5.74. The van der Waals surface area contributed by atoms with E-state index in [1.54, 1.807) is 0 Å². The Morgan fingerprint density at radius 1 is 0.410 bits per heavy atom. The topological polar surface area (TPSA) is 175 Å². The second kappa shape index (κ2) is 58.8. The van der Waals surface area contributed by atoms with Crippen molar-refractivity contribution in [1.29, 1.82) is 0 Å². The number of aliphatic hydroxyl groups is 2. The Kier molecular flexibility index (Phi) is 54.8. The van der Waals surface area contributed by atoms with Crippen LogP contribution >= 0.6 is 0 Å². The molecule has 0 spiro atoms. The summed E-state index contributed by atoms with van der Waals surface area (Å²) in [4.78, 5) is 51.4. The Bertz CT molecular complexity index is 1670. The molecule has 0 aromatic rings. The van der Waals surface area contributed by atoms with E-state index in [2.05, 4.69) is 81.5 Å². The number of hydrogen-bond acceptors (Lipinski definition) is 11. The lowest BCUT2D eigenvalue weighted by Gasteiger charge is -2.40. The maximum Gasteiger partial charge on any atom is 0.335 e. The lowest BCUT2D eigenvalue weighted by molar-refractivity contribution is -0.301. The van der Waals surface area contributed by atoms with Crippen molar-refractivity contribution in [1.82, 2.24) is 0 Å². The number of ether oxygens (including phenoxy) is 5. The number of rotatable bonds is 59. The van der Waals surface area contributed by atoms with Crippen molar-refractivity contribution in [3.05, 3.63) is 60.8 Å². The molecule has 0 aromatic carbocycles. The van der Waals surface area contributed by atoms with Gasteiger partial charge in [-0.15, -0.1) is 0 Å². The summed E-state index contributed by atoms with van der Waals surface area (Å²) >= 11 is 0. The van der Waals surface area contributed by atoms with Gasteiger partial charge in [-0.1, -0.05) is 293 Å². The number of aliphatic hydroxyl groups excluding tert-OH is 2. The molecule has 12 nitrogen and oxygen atoms in total. The Labute approximate surface area is 506 Å². The van der Waals surface area contributed by atoms with Crippen LogP contribution in [-0.2, 0) is 42.9 Å². The minimum Gasteiger partial charge on any atom is -0.479 e. The number of aliphatic carboxylic acids is 1. The summed E-state index contributed by atoms with van der Waals surface area (Å²) in [5.41, 5.74) is 0. The summed E-state index contributed by atoms with van der Waals surface area (Å²) in [6, 6.07) is 0. The molecule has 1 saturated heterocycles. The number of esters is 3. The molecule has 0 bridgehead atoms. The van der Waals surface area contributed by atoms with Crippen molar-refractivity contribution in [3.8, 4) is 0 Å². The van der Waals surface area contributed by atoms with E-state index in [0.29, 0.717) is 19.3 Å². The van der Waals surface area contributed by atoms with Crippen molar-refractivity contribution >= 4 is 23.9 Å². The average Bonchev–Trinajstić information content (AvgIpc) is 3.57. The largest absolute Gasteiger partial charge is 0.479 e. The maximum atomic E-state index is 13.2. The predicted octanol–water partition coefficient (Wildman–Crippen LogP) is 18.7. The molecular formula is C71H124O12. The number of carbonyl (C=O) groups is 4. The standard InChI is InChI=1S/C71H124O12/c1-4-7-10-13-16-19-22-25-28-30-32-34-37-39-42-45-48-51-54-57-63(72)79-60-62(81-64(73)58-55-52-49-46-43-40-36-27-24-21-18-15-12-9-6-3)61-80-71-69(67(76)66(75)68(83-71)70(77)78)82-65(74)59-56-53-50-47-44-41-38-35-33-31-29-26-23-20-17-14-11-8-5-2/h7,10,16,19,25,28,32,34,39,42,62,66-69,71,75-76H,4-6,8-9,11-15,17-18,20-24,26-27,29-31,33,35-38,40-41,43-61H2,1-3H3,(H,77,78)/b10-7-,19-16-,28-25-,34-32-,42-39-. The van der Waals surface area contributed by atoms with Gasteiger partial charge in [0, 0.05) is 19.3 Å². The summed E-state index contributed by atoms with van der Waals surface area (Å²) in [5.74, 6) is -3.13. The monoisotopic (exact) mass is 1170 g/mol. The van der Waals surface area contributed by atoms with Crippen LogP contribution in [-0.4, -0.2) is 89.2 Å². The summed E-state index contributed by atoms with van der Waals surface area (Å²) < 4.78 is 28.6. The van der Waals surface area contributed by atoms with Crippen molar-refractivity contribution in [2.75, 3.05) is 13.2 Å². The van der Waals surface area contributed by atoms with E-state index in [0.717, 1.165) is 96.3 Å². The van der Waals surface area contributed by atoms with Gasteiger partial charge in [0.2, 0.25) is 0 Å². The summed E-state index contributed by atoms with van der Waals surface area (Å²) in [6.45, 7) is 5.91. The Morgan fingerprint density at radius 3 is 1.16 bits per heavy atom. The molecule has 1 aliphatic heterocycles. The van der Waals surface area contributed by atoms with Gasteiger partial charge in [0.05, 0.1) is 6.61 Å². The van der Waals surface area contributed by atoms with Gasteiger partial charge in [-0.05, 0) is 64.2 Å². The van der Waals surface area contributed by atoms with E-state index >= 15 is 0 Å². The quantitative estimate of drug-likeness (QED) is 0.0228. The van der Waals surface area contributed by atoms with Gasteiger partial charge in [-0.2, -0.15) is 0 Å². The van der Waals surface area contributed by atoms with E-state index in [4.69, 9.17) is 23.7 Å². The van der Waals surface area contributed by atoms with Crippen LogP contribution in [0.2, 0.25) is 0 Å². The van der Waals surface area contributed by atoms with Gasteiger partial charge in [0.25, 0.3) is 0 Å². The fourth-order valence-corrected chi connectivity index (χ4v) is 10.4. The lowest BCUT2D eigenvalue weighted by atomic mass is 9.98. The van der Waals surface area contributed by atoms with Crippen molar-refractivity contribution in [3.63, 3.8) is 0 Å². The number of hydrogen-bond donors (Lipinski definition) is 3. The second-order valence-corrected chi connectivity index (χ2v) is 23.4. The van der Waals surface area contributed by atoms with Gasteiger partial charge in [0.1, 0.15) is 18.8 Å². The summed E-state index contributed by atoms with van der Waals surface area (Å²) in [5, 5.41) is 31.6. The van der Waals surface area contributed by atoms with E-state index in [9.17, 15) is 34.5 Å². The minimum absolute atomic E-state index is 0.0616. The van der Waals surface area contributed by atoms with Crippen molar-refractivity contribution in [2.24, 2.45) is 0 Å². The zero-order valence-corrected chi connectivity index (χ0v) is 53.2. The molecule has 1 aliphatic rings. The van der Waals surface area contributed by atoms with Crippen LogP contribution < -0.4 is 0 Å². The van der Waals surface area contributed by atoms with Gasteiger partial charge >= 0.3 is 23.9 Å². The first-order valence-electron chi connectivity index (χ1n) is 34.3. The number of carboxylic acid groups (broad SMARTS) is 1. The SMILES string of the molecule is CC/C=C\C/C=C\C/C=C\C/C=C\C/C=C\CCCCCC(=O)OCC(COC1OC(C(=O)O)C(O)C(O)C1OC(=O)CCCCCCCCCCCCCCCCCCCCC)OC(=O)CCCCCCCCCCCCCCCCC. The molecule has 83 heavy (non-hydrogen) atoms. The molecule has 0 radical (unpaired) electrons. The Hall–Kier alpha value is -3.58. The first-order valence-corrected chi connectivity index (χ1v) is 34.3. The molecule has 480 valence electrons. The van der Waals surface area contributed by atoms with E-state index < -0.39 is 67.3 Å². The zero-order valence-electron chi connectivity index (χ0n) is 53.2. The van der Waals surface area contributed by atoms with Gasteiger partial charge in [-0.25, -0.2) is 4.79 Å². The Balaban J connectivity index is 2.64. The molecule has 0 aliphatic carbocycles. The fraction of sp³-hybridized carbons (Fsp3) is 0.803. The van der Waals surface area contributed by atoms with Crippen LogP contribution in [0.25, 0.3) is 0 Å². The first-order chi connectivity index (χ1) is 40.6. The summed E-state index contributed by atoms with van der Waals surface area (Å²) in [6.07, 6.45) is 61.8. The van der Waals surface area contributed by atoms with Crippen LogP contribution in [0, 0.1) is 0 Å². The van der Waals surface area contributed by atoms with Crippen molar-refractivity contribution < 1.29 is 58.2 Å². The zero-order chi connectivity index (χ0) is 60.3. The molecule has 3 N–H and O–H groups in total. The molecule has 1 rings (SSSR count). The molecule has 0 aromatic heterocycles. The van der Waals surface area contributed by atoms with Crippen LogP contribution in [0.4, 0.5) is 0 Å². The van der Waals surface area contributed by atoms with E-state index in [-0.39, 0.29) is 25.9 Å². The third-order valence-corrected chi connectivity index (χ3v) is 15.6. The predicted molar refractivity (Wildman–Crippen MR) is 340 cm³/mol. The maximum absolute atomic E-state index is 13.2. The van der Waals surface area contributed by atoms with Gasteiger partial charge in [-0.3, -0.25) is 14.4 Å². The van der Waals surface area contributed by atoms with Crippen LogP contribution in [0.3, 0.4) is 0 Å². The van der Waals surface area contributed by atoms with Crippen molar-refractivity contribution in [2.45, 2.75) is 353 Å². The average molecular weight is 1170 g/mol. The number of unbranched alkanes of at least 4 members (excludes halogenated alkanes) is 35. The minimum atomic E-state index is -1.91. The molecule has 1 fully saturated rings. The molecule has 1 heterocycles. The molecule has 0 saturated carbocycles. The third kappa shape index (κ3) is 48.3. The molecular weight excluding hydrogens is 1040 g/mol.